The van der Waals surface area contributed by atoms with Crippen LogP contribution in [0.3, 0.4) is 0 Å². The molecule has 3 rings (SSSR count). The maximum Gasteiger partial charge on any atom is 0.433 e. The zero-order valence-electron chi connectivity index (χ0n) is 11.8. The summed E-state index contributed by atoms with van der Waals surface area (Å²) in [6.45, 7) is 1.69. The summed E-state index contributed by atoms with van der Waals surface area (Å²) >= 11 is 0.943. The highest BCUT2D eigenvalue weighted by atomic mass is 32.1. The molecule has 3 aromatic heterocycles. The molecule has 1 amide bonds. The minimum absolute atomic E-state index is 0.192. The van der Waals surface area contributed by atoms with Crippen molar-refractivity contribution in [3.05, 3.63) is 52.8 Å². The largest absolute Gasteiger partial charge is 0.433 e. The number of rotatable bonds is 2. The summed E-state index contributed by atoms with van der Waals surface area (Å²) in [6, 6.07) is 5.52. The highest BCUT2D eigenvalue weighted by molar-refractivity contribution is 7.20. The highest BCUT2D eigenvalue weighted by Gasteiger charge is 2.33. The molecule has 0 radical (unpaired) electrons. The van der Waals surface area contributed by atoms with Crippen molar-refractivity contribution in [2.75, 3.05) is 5.32 Å². The van der Waals surface area contributed by atoms with Crippen LogP contribution in [0.1, 0.15) is 20.9 Å². The lowest BCUT2D eigenvalue weighted by Gasteiger charge is -2.04. The molecular weight excluding hydrogens is 327 g/mol. The zero-order chi connectivity index (χ0) is 16.6. The Morgan fingerprint density at radius 3 is 2.52 bits per heavy atom. The zero-order valence-corrected chi connectivity index (χ0v) is 12.6. The van der Waals surface area contributed by atoms with Crippen molar-refractivity contribution < 1.29 is 18.0 Å². The molecule has 3 aromatic rings. The molecule has 4 nitrogen and oxygen atoms in total. The predicted octanol–water partition coefficient (Wildman–Crippen LogP) is 4.27. The topological polar surface area (TPSA) is 54.9 Å². The first-order valence-corrected chi connectivity index (χ1v) is 7.36. The Morgan fingerprint density at radius 2 is 1.87 bits per heavy atom. The fourth-order valence-corrected chi connectivity index (χ4v) is 3.17. The summed E-state index contributed by atoms with van der Waals surface area (Å²) in [6.07, 6.45) is -1.44. The van der Waals surface area contributed by atoms with Crippen molar-refractivity contribution in [3.8, 4) is 0 Å². The third kappa shape index (κ3) is 3.02. The number of nitrogens with one attached hydrogen (secondary N) is 1. The average Bonchev–Trinajstić information content (AvgIpc) is 2.84. The quantitative estimate of drug-likeness (QED) is 0.760. The predicted molar refractivity (Wildman–Crippen MR) is 81.5 cm³/mol. The van der Waals surface area contributed by atoms with E-state index in [4.69, 9.17) is 0 Å². The number of fused-ring (bicyclic) bond motifs is 1. The first-order chi connectivity index (χ1) is 10.9. The number of carbonyl (C=O) groups is 1. The lowest BCUT2D eigenvalue weighted by molar-refractivity contribution is -0.140. The molecular formula is C15H10F3N3OS. The Hall–Kier alpha value is -2.48. The number of hydrogen-bond donors (Lipinski definition) is 1. The van der Waals surface area contributed by atoms with E-state index >= 15 is 0 Å². The molecule has 8 heteroatoms. The Balaban J connectivity index is 1.98. The molecule has 0 fully saturated rings. The van der Waals surface area contributed by atoms with Gasteiger partial charge in [0.15, 0.2) is 0 Å². The normalized spacial score (nSPS) is 11.7. The molecule has 0 saturated heterocycles. The van der Waals surface area contributed by atoms with Crippen LogP contribution in [0.15, 0.2) is 36.7 Å². The van der Waals surface area contributed by atoms with Gasteiger partial charge in [0.1, 0.15) is 10.5 Å². The van der Waals surface area contributed by atoms with Gasteiger partial charge in [-0.05, 0) is 36.8 Å². The van der Waals surface area contributed by atoms with E-state index in [1.165, 1.54) is 18.5 Å². The number of aromatic nitrogens is 2. The van der Waals surface area contributed by atoms with Gasteiger partial charge in [-0.3, -0.25) is 9.78 Å². The van der Waals surface area contributed by atoms with Gasteiger partial charge in [-0.25, -0.2) is 4.98 Å². The Bertz CT molecular complexity index is 875. The van der Waals surface area contributed by atoms with E-state index in [-0.39, 0.29) is 10.7 Å². The molecule has 0 aromatic carbocycles. The van der Waals surface area contributed by atoms with E-state index < -0.39 is 11.9 Å². The molecule has 0 unspecified atom stereocenters. The number of pyridine rings is 2. The van der Waals surface area contributed by atoms with Crippen LogP contribution >= 0.6 is 11.3 Å². The number of carbonyl (C=O) groups excluding carboxylic acids is 1. The van der Waals surface area contributed by atoms with Gasteiger partial charge in [-0.15, -0.1) is 11.3 Å². The maximum absolute atomic E-state index is 12.7. The summed E-state index contributed by atoms with van der Waals surface area (Å²) in [7, 11) is 0. The molecule has 0 spiro atoms. The molecule has 0 bridgehead atoms. The molecule has 0 saturated carbocycles. The van der Waals surface area contributed by atoms with Gasteiger partial charge in [0.2, 0.25) is 0 Å². The number of thiophene rings is 1. The van der Waals surface area contributed by atoms with E-state index in [2.05, 4.69) is 15.3 Å². The van der Waals surface area contributed by atoms with Gasteiger partial charge in [0, 0.05) is 23.5 Å². The van der Waals surface area contributed by atoms with Gasteiger partial charge in [-0.1, -0.05) is 0 Å². The number of aryl methyl sites for hydroxylation is 1. The van der Waals surface area contributed by atoms with E-state index in [9.17, 15) is 18.0 Å². The van der Waals surface area contributed by atoms with Crippen LogP contribution in [-0.2, 0) is 6.18 Å². The van der Waals surface area contributed by atoms with Crippen LogP contribution in [0.25, 0.3) is 10.2 Å². The first kappa shape index (κ1) is 15.4. The van der Waals surface area contributed by atoms with Crippen LogP contribution in [0.2, 0.25) is 0 Å². The summed E-state index contributed by atoms with van der Waals surface area (Å²) in [5, 5.41) is 3.23. The lowest BCUT2D eigenvalue weighted by Crippen LogP contribution is -2.11. The Kier molecular flexibility index (Phi) is 3.77. The van der Waals surface area contributed by atoms with Gasteiger partial charge >= 0.3 is 6.18 Å². The second-order valence-electron chi connectivity index (χ2n) is 4.79. The minimum Gasteiger partial charge on any atom is -0.321 e. The summed E-state index contributed by atoms with van der Waals surface area (Å²) < 4.78 is 38.2. The smallest absolute Gasteiger partial charge is 0.321 e. The van der Waals surface area contributed by atoms with Crippen molar-refractivity contribution in [3.63, 3.8) is 0 Å². The number of alkyl halides is 3. The molecule has 3 heterocycles. The number of anilines is 1. The second kappa shape index (κ2) is 5.62. The highest BCUT2D eigenvalue weighted by Crippen LogP contribution is 2.34. The van der Waals surface area contributed by atoms with Crippen molar-refractivity contribution in [2.45, 2.75) is 13.1 Å². The van der Waals surface area contributed by atoms with Crippen molar-refractivity contribution >= 4 is 33.1 Å². The number of halogens is 3. The summed E-state index contributed by atoms with van der Waals surface area (Å²) in [5.41, 5.74) is 0.205. The lowest BCUT2D eigenvalue weighted by atomic mass is 10.1. The SMILES string of the molecule is Cc1c(C(=O)Nc2ccncc2)sc2nc(C(F)(F)F)ccc12. The number of nitrogens with zero attached hydrogens (tertiary/aromatic N) is 2. The van der Waals surface area contributed by atoms with Crippen LogP contribution in [0.4, 0.5) is 18.9 Å². The Morgan fingerprint density at radius 1 is 1.17 bits per heavy atom. The van der Waals surface area contributed by atoms with Crippen LogP contribution < -0.4 is 5.32 Å². The van der Waals surface area contributed by atoms with Gasteiger partial charge in [0.25, 0.3) is 5.91 Å². The van der Waals surface area contributed by atoms with Crippen LogP contribution in [0, 0.1) is 6.92 Å². The molecule has 1 N–H and O–H groups in total. The van der Waals surface area contributed by atoms with Gasteiger partial charge < -0.3 is 5.32 Å². The van der Waals surface area contributed by atoms with E-state index in [1.54, 1.807) is 19.1 Å². The third-order valence-electron chi connectivity index (χ3n) is 3.24. The summed E-state index contributed by atoms with van der Waals surface area (Å²) in [5.74, 6) is -0.384. The van der Waals surface area contributed by atoms with Crippen LogP contribution in [-0.4, -0.2) is 15.9 Å². The number of amides is 1. The molecule has 0 aliphatic carbocycles. The minimum atomic E-state index is -4.51. The van der Waals surface area contributed by atoms with Crippen molar-refractivity contribution in [1.29, 1.82) is 0 Å². The van der Waals surface area contributed by atoms with Gasteiger partial charge in [0.05, 0.1) is 4.88 Å². The molecule has 118 valence electrons. The van der Waals surface area contributed by atoms with E-state index in [0.29, 0.717) is 21.5 Å². The van der Waals surface area contributed by atoms with Crippen molar-refractivity contribution in [1.82, 2.24) is 9.97 Å². The van der Waals surface area contributed by atoms with E-state index in [0.717, 1.165) is 17.4 Å². The maximum atomic E-state index is 12.7. The van der Waals surface area contributed by atoms with Gasteiger partial charge in [-0.2, -0.15) is 13.2 Å². The molecule has 0 atom stereocenters. The molecule has 23 heavy (non-hydrogen) atoms. The van der Waals surface area contributed by atoms with Crippen LogP contribution in [0.5, 0.6) is 0 Å². The average molecular weight is 337 g/mol. The fourth-order valence-electron chi connectivity index (χ4n) is 2.10. The third-order valence-corrected chi connectivity index (χ3v) is 4.44. The molecule has 0 aliphatic heterocycles. The monoisotopic (exact) mass is 337 g/mol. The van der Waals surface area contributed by atoms with Crippen molar-refractivity contribution in [2.24, 2.45) is 0 Å². The summed E-state index contributed by atoms with van der Waals surface area (Å²) in [4.78, 5) is 20.3. The first-order valence-electron chi connectivity index (χ1n) is 6.55. The standard InChI is InChI=1S/C15H10F3N3OS/c1-8-10-2-3-11(15(16,17)18)21-14(10)23-12(8)13(22)20-9-4-6-19-7-5-9/h2-7H,1H3,(H,19,20,22). The second-order valence-corrected chi connectivity index (χ2v) is 5.79. The van der Waals surface area contributed by atoms with E-state index in [1.807, 2.05) is 0 Å². The fraction of sp³-hybridized carbons (Fsp3) is 0.133. The Labute approximate surface area is 133 Å². The molecule has 0 aliphatic rings. The number of hydrogen-bond acceptors (Lipinski definition) is 4.